The lowest BCUT2D eigenvalue weighted by molar-refractivity contribution is 0.476. The number of fused-ring (bicyclic) bond motifs is 1. The van der Waals surface area contributed by atoms with Gasteiger partial charge in [0.15, 0.2) is 0 Å². The van der Waals surface area contributed by atoms with Crippen LogP contribution in [-0.2, 0) is 0 Å². The van der Waals surface area contributed by atoms with Crippen LogP contribution in [0.3, 0.4) is 0 Å². The lowest BCUT2D eigenvalue weighted by Gasteiger charge is -2.21. The van der Waals surface area contributed by atoms with Gasteiger partial charge in [0.05, 0.1) is 0 Å². The third-order valence-corrected chi connectivity index (χ3v) is 5.33. The lowest BCUT2D eigenvalue weighted by atomic mass is 9.99. The SMILES string of the molecule is CC1CC(NC(C)c2cccc3ccccc23)CS1. The van der Waals surface area contributed by atoms with Crippen LogP contribution in [0.5, 0.6) is 0 Å². The average Bonchev–Trinajstić information content (AvgIpc) is 2.83. The Balaban J connectivity index is 1.83. The molecule has 3 rings (SSSR count). The van der Waals surface area contributed by atoms with Gasteiger partial charge in [-0.2, -0.15) is 11.8 Å². The van der Waals surface area contributed by atoms with E-state index in [2.05, 4.69) is 73.4 Å². The number of thioether (sulfide) groups is 1. The van der Waals surface area contributed by atoms with E-state index in [4.69, 9.17) is 0 Å². The Bertz CT molecular complexity index is 561. The summed E-state index contributed by atoms with van der Waals surface area (Å²) in [7, 11) is 0. The van der Waals surface area contributed by atoms with Crippen molar-refractivity contribution < 1.29 is 0 Å². The maximum atomic E-state index is 3.80. The minimum Gasteiger partial charge on any atom is -0.307 e. The third-order valence-electron chi connectivity index (χ3n) is 3.97. The van der Waals surface area contributed by atoms with Crippen molar-refractivity contribution in [2.24, 2.45) is 0 Å². The summed E-state index contributed by atoms with van der Waals surface area (Å²) >= 11 is 2.08. The number of hydrogen-bond acceptors (Lipinski definition) is 2. The van der Waals surface area contributed by atoms with E-state index in [0.29, 0.717) is 12.1 Å². The molecule has 1 aliphatic rings. The molecule has 0 amide bonds. The van der Waals surface area contributed by atoms with Crippen molar-refractivity contribution in [3.05, 3.63) is 48.0 Å². The van der Waals surface area contributed by atoms with Gasteiger partial charge >= 0.3 is 0 Å². The predicted molar refractivity (Wildman–Crippen MR) is 85.8 cm³/mol. The van der Waals surface area contributed by atoms with E-state index in [1.165, 1.54) is 28.5 Å². The van der Waals surface area contributed by atoms with Gasteiger partial charge in [0.2, 0.25) is 0 Å². The van der Waals surface area contributed by atoms with Crippen molar-refractivity contribution in [3.8, 4) is 0 Å². The highest BCUT2D eigenvalue weighted by Gasteiger charge is 2.23. The molecule has 100 valence electrons. The summed E-state index contributed by atoms with van der Waals surface area (Å²) in [4.78, 5) is 0. The molecule has 0 saturated carbocycles. The van der Waals surface area contributed by atoms with Crippen molar-refractivity contribution >= 4 is 22.5 Å². The van der Waals surface area contributed by atoms with Crippen LogP contribution in [-0.4, -0.2) is 17.0 Å². The van der Waals surface area contributed by atoms with E-state index < -0.39 is 0 Å². The fourth-order valence-corrected chi connectivity index (χ4v) is 4.17. The van der Waals surface area contributed by atoms with Crippen LogP contribution in [0.2, 0.25) is 0 Å². The molecule has 0 aliphatic carbocycles. The highest BCUT2D eigenvalue weighted by atomic mass is 32.2. The zero-order valence-electron chi connectivity index (χ0n) is 11.6. The summed E-state index contributed by atoms with van der Waals surface area (Å²) in [5.41, 5.74) is 1.42. The van der Waals surface area contributed by atoms with Crippen LogP contribution in [0.15, 0.2) is 42.5 Å². The summed E-state index contributed by atoms with van der Waals surface area (Å²) in [5.74, 6) is 1.25. The molecular formula is C17H21NS. The summed E-state index contributed by atoms with van der Waals surface area (Å²) in [6, 6.07) is 16.4. The van der Waals surface area contributed by atoms with E-state index in [-0.39, 0.29) is 0 Å². The zero-order chi connectivity index (χ0) is 13.2. The topological polar surface area (TPSA) is 12.0 Å². The minimum absolute atomic E-state index is 0.419. The van der Waals surface area contributed by atoms with Crippen LogP contribution in [0.4, 0.5) is 0 Å². The molecule has 1 saturated heterocycles. The standard InChI is InChI=1S/C17H21NS/c1-12-10-15(11-19-12)18-13(2)16-9-5-7-14-6-3-4-8-17(14)16/h3-9,12-13,15,18H,10-11H2,1-2H3. The monoisotopic (exact) mass is 271 g/mol. The van der Waals surface area contributed by atoms with Gasteiger partial charge in [0.1, 0.15) is 0 Å². The quantitative estimate of drug-likeness (QED) is 0.889. The normalized spacial score (nSPS) is 24.7. The molecule has 2 aromatic carbocycles. The number of hydrogen-bond donors (Lipinski definition) is 1. The maximum absolute atomic E-state index is 3.80. The van der Waals surface area contributed by atoms with E-state index >= 15 is 0 Å². The molecular weight excluding hydrogens is 250 g/mol. The number of nitrogens with one attached hydrogen (secondary N) is 1. The van der Waals surface area contributed by atoms with Crippen molar-refractivity contribution in [1.82, 2.24) is 5.32 Å². The van der Waals surface area contributed by atoms with Crippen LogP contribution in [0.1, 0.15) is 31.9 Å². The fourth-order valence-electron chi connectivity index (χ4n) is 3.00. The van der Waals surface area contributed by atoms with Crippen molar-refractivity contribution in [2.45, 2.75) is 37.6 Å². The Morgan fingerprint density at radius 3 is 2.74 bits per heavy atom. The first-order valence-electron chi connectivity index (χ1n) is 7.09. The molecule has 1 nitrogen and oxygen atoms in total. The molecule has 1 fully saturated rings. The van der Waals surface area contributed by atoms with Gasteiger partial charge in [0.25, 0.3) is 0 Å². The Morgan fingerprint density at radius 1 is 1.16 bits per heavy atom. The van der Waals surface area contributed by atoms with Crippen molar-refractivity contribution in [1.29, 1.82) is 0 Å². The van der Waals surface area contributed by atoms with Gasteiger partial charge in [-0.1, -0.05) is 49.4 Å². The van der Waals surface area contributed by atoms with E-state index in [1.54, 1.807) is 0 Å². The second-order valence-electron chi connectivity index (χ2n) is 5.53. The molecule has 2 aromatic rings. The van der Waals surface area contributed by atoms with Crippen LogP contribution in [0.25, 0.3) is 10.8 Å². The first kappa shape index (κ1) is 13.0. The molecule has 1 heterocycles. The smallest absolute Gasteiger partial charge is 0.0300 e. The highest BCUT2D eigenvalue weighted by Crippen LogP contribution is 2.29. The Labute approximate surface area is 119 Å². The van der Waals surface area contributed by atoms with Gasteiger partial charge < -0.3 is 5.32 Å². The van der Waals surface area contributed by atoms with Gasteiger partial charge in [-0.3, -0.25) is 0 Å². The van der Waals surface area contributed by atoms with Crippen LogP contribution < -0.4 is 5.32 Å². The molecule has 1 aliphatic heterocycles. The predicted octanol–water partition coefficient (Wildman–Crippen LogP) is 4.38. The first-order chi connectivity index (χ1) is 9.24. The van der Waals surface area contributed by atoms with Crippen LogP contribution >= 0.6 is 11.8 Å². The Kier molecular flexibility index (Phi) is 3.81. The Hall–Kier alpha value is -0.990. The number of rotatable bonds is 3. The molecule has 0 spiro atoms. The maximum Gasteiger partial charge on any atom is 0.0300 e. The lowest BCUT2D eigenvalue weighted by Crippen LogP contribution is -2.31. The molecule has 3 atom stereocenters. The summed E-state index contributed by atoms with van der Waals surface area (Å²) in [6.07, 6.45) is 1.29. The molecule has 19 heavy (non-hydrogen) atoms. The molecule has 0 bridgehead atoms. The van der Waals surface area contributed by atoms with Crippen molar-refractivity contribution in [3.63, 3.8) is 0 Å². The van der Waals surface area contributed by atoms with Gasteiger partial charge in [-0.15, -0.1) is 0 Å². The second kappa shape index (κ2) is 5.56. The average molecular weight is 271 g/mol. The number of benzene rings is 2. The van der Waals surface area contributed by atoms with E-state index in [9.17, 15) is 0 Å². The summed E-state index contributed by atoms with van der Waals surface area (Å²) in [5, 5.41) is 7.31. The second-order valence-corrected chi connectivity index (χ2v) is 7.00. The zero-order valence-corrected chi connectivity index (χ0v) is 12.4. The third kappa shape index (κ3) is 2.80. The molecule has 1 N–H and O–H groups in total. The van der Waals surface area contributed by atoms with E-state index in [1.807, 2.05) is 0 Å². The van der Waals surface area contributed by atoms with Gasteiger partial charge in [-0.05, 0) is 29.7 Å². The first-order valence-corrected chi connectivity index (χ1v) is 8.14. The van der Waals surface area contributed by atoms with Gasteiger partial charge in [0, 0.05) is 23.1 Å². The highest BCUT2D eigenvalue weighted by molar-refractivity contribution is 8.00. The molecule has 0 radical (unpaired) electrons. The molecule has 0 aromatic heterocycles. The van der Waals surface area contributed by atoms with Gasteiger partial charge in [-0.25, -0.2) is 0 Å². The van der Waals surface area contributed by atoms with Crippen molar-refractivity contribution in [2.75, 3.05) is 5.75 Å². The summed E-state index contributed by atoms with van der Waals surface area (Å²) in [6.45, 7) is 4.62. The molecule has 2 heteroatoms. The largest absolute Gasteiger partial charge is 0.307 e. The minimum atomic E-state index is 0.419. The molecule has 3 unspecified atom stereocenters. The fraction of sp³-hybridized carbons (Fsp3) is 0.412. The van der Waals surface area contributed by atoms with E-state index in [0.717, 1.165) is 5.25 Å². The summed E-state index contributed by atoms with van der Waals surface area (Å²) < 4.78 is 0. The van der Waals surface area contributed by atoms with Crippen LogP contribution in [0, 0.1) is 0 Å². The Morgan fingerprint density at radius 2 is 1.95 bits per heavy atom.